The Balaban J connectivity index is 4.22. The van der Waals surface area contributed by atoms with Gasteiger partial charge in [0.2, 0.25) is 0 Å². The van der Waals surface area contributed by atoms with Crippen LogP contribution in [0.5, 0.6) is 0 Å². The van der Waals surface area contributed by atoms with E-state index in [0.717, 1.165) is 128 Å². The third kappa shape index (κ3) is 63.1. The van der Waals surface area contributed by atoms with E-state index in [1.807, 2.05) is 21.1 Å². The normalized spacial score (nSPS) is 14.2. The second-order valence-corrected chi connectivity index (χ2v) is 23.1. The van der Waals surface area contributed by atoms with Gasteiger partial charge in [-0.25, -0.2) is 0 Å². The minimum Gasteiger partial charge on any atom is -0.756 e. The van der Waals surface area contributed by atoms with Crippen LogP contribution in [0.3, 0.4) is 0 Å². The zero-order valence-corrected chi connectivity index (χ0v) is 52.4. The monoisotopic (exact) mass is 1130 g/mol. The summed E-state index contributed by atoms with van der Waals surface area (Å²) < 4.78 is 34.2. The van der Waals surface area contributed by atoms with Crippen molar-refractivity contribution in [3.63, 3.8) is 0 Å². The molecule has 0 aromatic heterocycles. The van der Waals surface area contributed by atoms with E-state index in [9.17, 15) is 19.0 Å². The van der Waals surface area contributed by atoms with Crippen molar-refractivity contribution >= 4 is 19.8 Å². The molecular weight excluding hydrogens is 1010 g/mol. The van der Waals surface area contributed by atoms with E-state index in [-0.39, 0.29) is 26.1 Å². The van der Waals surface area contributed by atoms with E-state index in [2.05, 4.69) is 160 Å². The van der Waals surface area contributed by atoms with Crippen molar-refractivity contribution in [1.82, 2.24) is 0 Å². The third-order valence-corrected chi connectivity index (χ3v) is 13.8. The van der Waals surface area contributed by atoms with E-state index >= 15 is 0 Å². The van der Waals surface area contributed by atoms with Gasteiger partial charge in [-0.1, -0.05) is 250 Å². The number of phosphoric ester groups is 1. The summed E-state index contributed by atoms with van der Waals surface area (Å²) in [4.78, 5) is 38.0. The van der Waals surface area contributed by atoms with Crippen LogP contribution >= 0.6 is 7.82 Å². The van der Waals surface area contributed by atoms with E-state index in [1.54, 1.807) is 0 Å². The molecule has 2 atom stereocenters. The fourth-order valence-electron chi connectivity index (χ4n) is 8.07. The summed E-state index contributed by atoms with van der Waals surface area (Å²) >= 11 is 0. The Labute approximate surface area is 491 Å². The predicted molar refractivity (Wildman–Crippen MR) is 341 cm³/mol. The van der Waals surface area contributed by atoms with Gasteiger partial charge in [0, 0.05) is 12.8 Å². The Morgan fingerprint density at radius 1 is 0.388 bits per heavy atom. The highest BCUT2D eigenvalue weighted by Crippen LogP contribution is 2.38. The molecule has 0 saturated heterocycles. The van der Waals surface area contributed by atoms with Gasteiger partial charge in [0.05, 0.1) is 27.7 Å². The highest BCUT2D eigenvalue weighted by Gasteiger charge is 2.22. The van der Waals surface area contributed by atoms with Crippen LogP contribution in [0.15, 0.2) is 146 Å². The number of carbonyl (C=O) groups is 2. The highest BCUT2D eigenvalue weighted by atomic mass is 31.2. The summed E-state index contributed by atoms with van der Waals surface area (Å²) in [5.41, 5.74) is 0. The second-order valence-electron chi connectivity index (χ2n) is 21.7. The van der Waals surface area contributed by atoms with Gasteiger partial charge < -0.3 is 27.9 Å². The van der Waals surface area contributed by atoms with Crippen LogP contribution in [-0.2, 0) is 32.7 Å². The maximum Gasteiger partial charge on any atom is 0.306 e. The summed E-state index contributed by atoms with van der Waals surface area (Å²) in [6.45, 7) is 3.97. The van der Waals surface area contributed by atoms with Crippen molar-refractivity contribution in [1.29, 1.82) is 0 Å². The molecule has 454 valence electrons. The Morgan fingerprint density at radius 3 is 1.00 bits per heavy atom. The Morgan fingerprint density at radius 2 is 0.675 bits per heavy atom. The molecule has 0 radical (unpaired) electrons. The molecule has 10 heteroatoms. The lowest BCUT2D eigenvalue weighted by Crippen LogP contribution is -2.37. The number of hydrogen-bond acceptors (Lipinski definition) is 8. The second kappa shape index (κ2) is 59.5. The smallest absolute Gasteiger partial charge is 0.306 e. The average molecular weight is 1130 g/mol. The number of esters is 2. The first-order valence-corrected chi connectivity index (χ1v) is 33.0. The number of ether oxygens (including phenoxy) is 2. The molecule has 2 unspecified atom stereocenters. The number of quaternary nitrogens is 1. The first kappa shape index (κ1) is 75.9. The van der Waals surface area contributed by atoms with Gasteiger partial charge in [0.1, 0.15) is 19.8 Å². The molecule has 0 aromatic carbocycles. The summed E-state index contributed by atoms with van der Waals surface area (Å²) in [5, 5.41) is 0. The molecule has 0 aliphatic rings. The lowest BCUT2D eigenvalue weighted by Gasteiger charge is -2.28. The number of rotatable bonds is 56. The molecule has 9 nitrogen and oxygen atoms in total. The Kier molecular flexibility index (Phi) is 56.5. The Bertz CT molecular complexity index is 1860. The molecule has 0 rings (SSSR count). The van der Waals surface area contributed by atoms with Gasteiger partial charge in [0.15, 0.2) is 6.10 Å². The number of nitrogens with zero attached hydrogens (tertiary/aromatic N) is 1. The quantitative estimate of drug-likeness (QED) is 0.0195. The van der Waals surface area contributed by atoms with E-state index in [4.69, 9.17) is 18.5 Å². The number of allylic oxidation sites excluding steroid dienone is 24. The minimum absolute atomic E-state index is 0.0441. The molecule has 0 N–H and O–H groups in total. The first-order chi connectivity index (χ1) is 39.0. The van der Waals surface area contributed by atoms with Crippen LogP contribution in [0.25, 0.3) is 0 Å². The number of hydrogen-bond donors (Lipinski definition) is 0. The van der Waals surface area contributed by atoms with Crippen LogP contribution in [-0.4, -0.2) is 70.0 Å². The van der Waals surface area contributed by atoms with E-state index in [0.29, 0.717) is 17.4 Å². The molecule has 0 aliphatic carbocycles. The van der Waals surface area contributed by atoms with Crippen molar-refractivity contribution in [2.24, 2.45) is 0 Å². The van der Waals surface area contributed by atoms with Crippen LogP contribution in [0.1, 0.15) is 232 Å². The highest BCUT2D eigenvalue weighted by molar-refractivity contribution is 7.45. The van der Waals surface area contributed by atoms with Crippen LogP contribution in [0, 0.1) is 0 Å². The molecule has 80 heavy (non-hydrogen) atoms. The van der Waals surface area contributed by atoms with Crippen molar-refractivity contribution in [2.75, 3.05) is 47.5 Å². The van der Waals surface area contributed by atoms with Crippen LogP contribution in [0.4, 0.5) is 0 Å². The predicted octanol–water partition coefficient (Wildman–Crippen LogP) is 19.6. The SMILES string of the molecule is CC/C=C\C/C=C\C/C=C\C/C=C\C/C=C\C/C=C\C/C=C\C/C=C\CCCCCCC(=O)OC(COC(=O)CCCCCCCCCCCCCCCC/C=C\C/C=C\C/C=C\C/C=C\CC)COP(=O)([O-])OCC[N+](C)(C)C. The van der Waals surface area contributed by atoms with Gasteiger partial charge in [0.25, 0.3) is 7.82 Å². The molecule has 0 saturated carbocycles. The molecule has 0 aliphatic heterocycles. The van der Waals surface area contributed by atoms with Crippen LogP contribution in [0.2, 0.25) is 0 Å². The van der Waals surface area contributed by atoms with Gasteiger partial charge >= 0.3 is 11.9 Å². The molecule has 0 bridgehead atoms. The maximum atomic E-state index is 12.8. The summed E-state index contributed by atoms with van der Waals surface area (Å²) in [5.74, 6) is -0.871. The molecule has 0 heterocycles. The fraction of sp³-hybridized carbons (Fsp3) is 0.629. The molecule has 0 amide bonds. The standard InChI is InChI=1S/C70H116NO8P/c1-6-8-10-12-14-16-18-20-22-24-26-28-30-32-34-35-37-39-41-43-45-47-49-51-53-55-57-59-61-63-70(73)79-68(67-78-80(74,75)77-65-64-71(3,4)5)66-76-69(72)62-60-58-56-54-52-50-48-46-44-42-40-38-36-33-31-29-27-25-23-21-19-17-15-13-11-9-7-2/h8-11,14-17,20-23,26-29,32,34,37,39,43,45,49,51,68H,6-7,12-13,18-19,24-25,30-31,33,35-36,38,40-42,44,46-48,50,52-67H2,1-5H3/b10-8-,11-9-,16-14-,17-15-,22-20-,23-21-,28-26-,29-27-,34-32-,39-37-,45-43-,51-49-. The molecule has 0 aromatic rings. The molecular formula is C70H116NO8P. The zero-order valence-electron chi connectivity index (χ0n) is 51.5. The summed E-state index contributed by atoms with van der Waals surface area (Å²) in [6, 6.07) is 0. The number of unbranched alkanes of at least 4 members (excludes halogenated alkanes) is 18. The van der Waals surface area contributed by atoms with Crippen molar-refractivity contribution in [3.8, 4) is 0 Å². The molecule has 0 fully saturated rings. The Hall–Kier alpha value is -4.11. The van der Waals surface area contributed by atoms with Crippen LogP contribution < -0.4 is 4.89 Å². The van der Waals surface area contributed by atoms with Gasteiger partial charge in [-0.05, 0) is 116 Å². The minimum atomic E-state index is -4.66. The third-order valence-electron chi connectivity index (χ3n) is 12.9. The van der Waals surface area contributed by atoms with Gasteiger partial charge in [-0.15, -0.1) is 0 Å². The number of likely N-dealkylation sites (N-methyl/N-ethyl adjacent to an activating group) is 1. The van der Waals surface area contributed by atoms with Crippen molar-refractivity contribution in [2.45, 2.75) is 238 Å². The van der Waals surface area contributed by atoms with Gasteiger partial charge in [-0.3, -0.25) is 14.2 Å². The molecule has 0 spiro atoms. The van der Waals surface area contributed by atoms with E-state index < -0.39 is 32.5 Å². The summed E-state index contributed by atoms with van der Waals surface area (Å²) in [7, 11) is 1.13. The number of phosphoric acid groups is 1. The van der Waals surface area contributed by atoms with Crippen molar-refractivity contribution in [3.05, 3.63) is 146 Å². The number of carbonyl (C=O) groups excluding carboxylic acids is 2. The average Bonchev–Trinajstić information content (AvgIpc) is 3.42. The largest absolute Gasteiger partial charge is 0.756 e. The van der Waals surface area contributed by atoms with Crippen molar-refractivity contribution < 1.29 is 42.1 Å². The lowest BCUT2D eigenvalue weighted by molar-refractivity contribution is -0.870. The topological polar surface area (TPSA) is 111 Å². The first-order valence-electron chi connectivity index (χ1n) is 31.5. The fourth-order valence-corrected chi connectivity index (χ4v) is 8.80. The lowest BCUT2D eigenvalue weighted by atomic mass is 10.0. The van der Waals surface area contributed by atoms with Gasteiger partial charge in [-0.2, -0.15) is 0 Å². The zero-order chi connectivity index (χ0) is 58.4. The summed E-state index contributed by atoms with van der Waals surface area (Å²) in [6.07, 6.45) is 87.6. The maximum absolute atomic E-state index is 12.8. The van der Waals surface area contributed by atoms with E-state index in [1.165, 1.54) is 70.6 Å².